The predicted molar refractivity (Wildman–Crippen MR) is 86.2 cm³/mol. The van der Waals surface area contributed by atoms with Crippen molar-refractivity contribution < 1.29 is 32.1 Å². The summed E-state index contributed by atoms with van der Waals surface area (Å²) in [7, 11) is 1.69. The number of aromatic nitrogens is 2. The molecule has 0 spiro atoms. The predicted octanol–water partition coefficient (Wildman–Crippen LogP) is -3.84. The minimum atomic E-state index is -0.295. The third-order valence-electron chi connectivity index (χ3n) is 3.70. The molecule has 0 unspecified atom stereocenters. The molecule has 2 aromatic heterocycles. The Morgan fingerprint density at radius 1 is 1.52 bits per heavy atom. The molecule has 0 saturated heterocycles. The number of nitrogens with two attached hydrogens (primary N) is 1. The maximum Gasteiger partial charge on any atom is 0.320 e. The van der Waals surface area contributed by atoms with Crippen LogP contribution in [0.25, 0.3) is 0 Å². The topological polar surface area (TPSA) is 115 Å². The maximum absolute atomic E-state index is 12.0. The molecule has 0 aromatic carbocycles. The van der Waals surface area contributed by atoms with E-state index in [0.29, 0.717) is 10.2 Å². The summed E-state index contributed by atoms with van der Waals surface area (Å²) in [6.45, 7) is 0. The summed E-state index contributed by atoms with van der Waals surface area (Å²) in [4.78, 5) is 3.87. The summed E-state index contributed by atoms with van der Waals surface area (Å²) in [5.41, 5.74) is 2.82. The summed E-state index contributed by atoms with van der Waals surface area (Å²) < 4.78 is 7.86. The van der Waals surface area contributed by atoms with Crippen LogP contribution < -0.4 is 32.3 Å². The van der Waals surface area contributed by atoms with Gasteiger partial charge in [-0.25, -0.2) is 10.4 Å². The molecule has 1 aliphatic rings. The summed E-state index contributed by atoms with van der Waals surface area (Å²) in [5, 5.41) is 31.0. The first-order valence-corrected chi connectivity index (χ1v) is 9.26. The van der Waals surface area contributed by atoms with E-state index >= 15 is 0 Å². The molecule has 3 rings (SSSR count). The number of fused-ring (bicyclic) bond motifs is 1. The summed E-state index contributed by atoms with van der Waals surface area (Å²) in [6.07, 6.45) is 5.49. The fourth-order valence-corrected chi connectivity index (χ4v) is 4.87. The van der Waals surface area contributed by atoms with Crippen LogP contribution in [-0.4, -0.2) is 16.9 Å². The molecule has 25 heavy (non-hydrogen) atoms. The molecule has 0 atom stereocenters. The molecule has 10 heteroatoms. The molecule has 0 fully saturated rings. The van der Waals surface area contributed by atoms with Crippen LogP contribution in [0.5, 0.6) is 0 Å². The van der Waals surface area contributed by atoms with E-state index in [-0.39, 0.29) is 29.9 Å². The molecule has 2 heterocycles. The molecule has 0 saturated carbocycles. The monoisotopic (exact) mass is 397 g/mol. The zero-order chi connectivity index (χ0) is 17.1. The van der Waals surface area contributed by atoms with Crippen molar-refractivity contribution in [1.29, 1.82) is 5.26 Å². The lowest BCUT2D eigenvalue weighted by molar-refractivity contribution is -0.739. The van der Waals surface area contributed by atoms with Gasteiger partial charge < -0.3 is 17.5 Å². The van der Waals surface area contributed by atoms with Crippen LogP contribution in [0.3, 0.4) is 0 Å². The van der Waals surface area contributed by atoms with Gasteiger partial charge in [-0.1, -0.05) is 16.0 Å². The second-order valence-electron chi connectivity index (χ2n) is 5.41. The SMILES string of the molecule is C[n+]1cc(/N=C(\[O-])CSc2sc(=[NH2+])c(C#N)c3c2CCCC3)on1.[Cl-]. The highest BCUT2D eigenvalue weighted by Crippen LogP contribution is 2.33. The second-order valence-corrected chi connectivity index (χ2v) is 7.71. The number of aliphatic imine (C=N–C) groups is 1. The van der Waals surface area contributed by atoms with E-state index in [4.69, 9.17) is 9.93 Å². The molecule has 2 N–H and O–H groups in total. The Morgan fingerprint density at radius 2 is 2.24 bits per heavy atom. The van der Waals surface area contributed by atoms with Gasteiger partial charge in [-0.05, 0) is 42.7 Å². The molecule has 132 valence electrons. The van der Waals surface area contributed by atoms with Crippen LogP contribution in [-0.2, 0) is 19.9 Å². The van der Waals surface area contributed by atoms with Crippen molar-refractivity contribution in [3.05, 3.63) is 27.6 Å². The lowest BCUT2D eigenvalue weighted by Gasteiger charge is -2.19. The van der Waals surface area contributed by atoms with Crippen LogP contribution >= 0.6 is 23.1 Å². The Morgan fingerprint density at radius 3 is 2.88 bits per heavy atom. The minimum Gasteiger partial charge on any atom is -1.00 e. The van der Waals surface area contributed by atoms with Crippen LogP contribution in [0.2, 0.25) is 0 Å². The van der Waals surface area contributed by atoms with E-state index in [9.17, 15) is 10.4 Å². The van der Waals surface area contributed by atoms with Crippen molar-refractivity contribution >= 4 is 34.9 Å². The van der Waals surface area contributed by atoms with Crippen molar-refractivity contribution in [2.24, 2.45) is 12.0 Å². The smallest absolute Gasteiger partial charge is 0.320 e. The highest BCUT2D eigenvalue weighted by Gasteiger charge is 2.21. The van der Waals surface area contributed by atoms with Gasteiger partial charge in [-0.2, -0.15) is 5.26 Å². The summed E-state index contributed by atoms with van der Waals surface area (Å²) >= 11 is 2.80. The number of thioether (sulfide) groups is 1. The number of hydrogen-bond donors (Lipinski definition) is 1. The van der Waals surface area contributed by atoms with Crippen molar-refractivity contribution in [1.82, 2.24) is 5.27 Å². The zero-order valence-corrected chi connectivity index (χ0v) is 15.9. The number of rotatable bonds is 4. The third-order valence-corrected chi connectivity index (χ3v) is 6.06. The molecule has 1 aliphatic carbocycles. The van der Waals surface area contributed by atoms with Gasteiger partial charge in [0, 0.05) is 5.75 Å². The van der Waals surface area contributed by atoms with Gasteiger partial charge in [0.2, 0.25) is 0 Å². The first kappa shape index (κ1) is 19.4. The Hall–Kier alpha value is -1.89. The van der Waals surface area contributed by atoms with Crippen molar-refractivity contribution in [2.45, 2.75) is 29.9 Å². The second kappa shape index (κ2) is 8.47. The van der Waals surface area contributed by atoms with Gasteiger partial charge in [0.15, 0.2) is 12.3 Å². The van der Waals surface area contributed by atoms with E-state index in [1.54, 1.807) is 7.05 Å². The fourth-order valence-electron chi connectivity index (χ4n) is 2.65. The number of hydrogen-bond acceptors (Lipinski definition) is 7. The third kappa shape index (κ3) is 4.39. The van der Waals surface area contributed by atoms with Crippen molar-refractivity contribution in [3.8, 4) is 6.07 Å². The van der Waals surface area contributed by atoms with E-state index in [2.05, 4.69) is 16.3 Å². The quantitative estimate of drug-likeness (QED) is 0.245. The lowest BCUT2D eigenvalue weighted by atomic mass is 9.91. The largest absolute Gasteiger partial charge is 1.00 e. The van der Waals surface area contributed by atoms with Crippen LogP contribution in [0.15, 0.2) is 19.9 Å². The maximum atomic E-state index is 12.0. The van der Waals surface area contributed by atoms with E-state index in [0.717, 1.165) is 35.5 Å². The van der Waals surface area contributed by atoms with Crippen LogP contribution in [0.4, 0.5) is 5.88 Å². The first-order chi connectivity index (χ1) is 11.6. The van der Waals surface area contributed by atoms with Gasteiger partial charge in [0.25, 0.3) is 10.9 Å². The Balaban J connectivity index is 0.00000225. The number of nitrogens with zero attached hydrogens (tertiary/aromatic N) is 4. The Labute approximate surface area is 158 Å². The van der Waals surface area contributed by atoms with Gasteiger partial charge in [0.1, 0.15) is 11.6 Å². The number of halogens is 1. The van der Waals surface area contributed by atoms with Gasteiger partial charge >= 0.3 is 5.88 Å². The molecule has 0 radical (unpaired) electrons. The number of nitriles is 1. The molecule has 7 nitrogen and oxygen atoms in total. The van der Waals surface area contributed by atoms with Crippen molar-refractivity contribution in [2.75, 3.05) is 5.75 Å². The Bertz CT molecular complexity index is 900. The molecular weight excluding hydrogens is 382 g/mol. The standard InChI is InChI=1S/C15H15N5O2S2.ClH/c1-20-7-13(22-19-20)18-12(21)8-23-15-10-5-3-2-4-9(10)11(6-16)14(17)24-15;/h7,17H,2-5,8H2,1H3;1H. The fraction of sp³-hybridized carbons (Fsp3) is 0.400. The van der Waals surface area contributed by atoms with E-state index in [1.807, 2.05) is 0 Å². The van der Waals surface area contributed by atoms with Gasteiger partial charge in [0.05, 0.1) is 4.21 Å². The van der Waals surface area contributed by atoms with Gasteiger partial charge in [-0.3, -0.25) is 4.52 Å². The lowest BCUT2D eigenvalue weighted by Crippen LogP contribution is -3.00. The van der Waals surface area contributed by atoms with E-state index < -0.39 is 0 Å². The van der Waals surface area contributed by atoms with Crippen molar-refractivity contribution in [3.63, 3.8) is 0 Å². The average molecular weight is 398 g/mol. The normalized spacial score (nSPS) is 13.7. The molecule has 0 aliphatic heterocycles. The molecule has 0 amide bonds. The Kier molecular flexibility index (Phi) is 6.58. The molecular formula is C15H16ClN5O2S2. The molecule has 0 bridgehead atoms. The van der Waals surface area contributed by atoms with Crippen LogP contribution in [0.1, 0.15) is 29.5 Å². The first-order valence-electron chi connectivity index (χ1n) is 7.46. The van der Waals surface area contributed by atoms with E-state index in [1.165, 1.54) is 39.5 Å². The minimum absolute atomic E-state index is 0. The summed E-state index contributed by atoms with van der Waals surface area (Å²) in [6, 6.07) is 2.22. The number of aryl methyl sites for hydroxylation is 1. The van der Waals surface area contributed by atoms with Gasteiger partial charge in [-0.15, -0.1) is 11.8 Å². The molecule has 2 aromatic rings. The average Bonchev–Trinajstić information content (AvgIpc) is 2.97. The summed E-state index contributed by atoms with van der Waals surface area (Å²) in [5.74, 6) is 0.0863. The zero-order valence-electron chi connectivity index (χ0n) is 13.5. The van der Waals surface area contributed by atoms with Crippen LogP contribution in [0, 0.1) is 11.3 Å². The highest BCUT2D eigenvalue weighted by atomic mass is 35.5. The highest BCUT2D eigenvalue weighted by molar-refractivity contribution is 8.01.